The molecule has 0 aliphatic heterocycles. The second kappa shape index (κ2) is 12.2. The molecule has 2 heterocycles. The van der Waals surface area contributed by atoms with Gasteiger partial charge in [0.25, 0.3) is 0 Å². The topological polar surface area (TPSA) is 67.4 Å². The van der Waals surface area contributed by atoms with E-state index in [-0.39, 0.29) is 0 Å². The van der Waals surface area contributed by atoms with Crippen LogP contribution in [0.2, 0.25) is 0 Å². The fourth-order valence-electron chi connectivity index (χ4n) is 8.35. The second-order valence-corrected chi connectivity index (χ2v) is 13.9. The van der Waals surface area contributed by atoms with Crippen molar-refractivity contribution in [1.82, 2.24) is 19.5 Å². The predicted molar refractivity (Wildman–Crippen MR) is 223 cm³/mol. The quantitative estimate of drug-likeness (QED) is 0.179. The maximum Gasteiger partial charge on any atom is 0.164 e. The summed E-state index contributed by atoms with van der Waals surface area (Å²) in [6, 6.07) is 63.2. The van der Waals surface area contributed by atoms with Gasteiger partial charge in [-0.2, -0.15) is 5.26 Å². The van der Waals surface area contributed by atoms with Gasteiger partial charge in [-0.05, 0) is 93.4 Å². The number of benzene rings is 8. The second-order valence-electron chi connectivity index (χ2n) is 13.9. The Labute approximate surface area is 317 Å². The SMILES string of the molecule is N#Cc1ccc(-c2ccc3c4c(ccc(-c5nc(-c6ccccc6)nc(-c6ccc(-n7c8ccccc8c8ccccc87)cc6)n5)c24)-c2ccccc2-3)cc1. The molecule has 5 nitrogen and oxygen atoms in total. The van der Waals surface area contributed by atoms with Crippen molar-refractivity contribution in [2.45, 2.75) is 0 Å². The van der Waals surface area contributed by atoms with Crippen molar-refractivity contribution < 1.29 is 0 Å². The standard InChI is InChI=1S/C50H29N5/c51-30-31-18-20-32(21-19-31)36-26-27-41-37-12-4-5-13-38(37)42-28-29-43(46(36)47(41)42)50-53-48(33-10-2-1-3-11-33)52-49(54-50)34-22-24-35(25-23-34)55-44-16-8-6-14-39(44)40-15-7-9-17-45(40)55/h1-29H. The molecule has 0 N–H and O–H groups in total. The van der Waals surface area contributed by atoms with Gasteiger partial charge in [0, 0.05) is 38.5 Å². The lowest BCUT2D eigenvalue weighted by Gasteiger charge is -2.15. The Balaban J connectivity index is 1.13. The summed E-state index contributed by atoms with van der Waals surface area (Å²) < 4.78 is 2.32. The summed E-state index contributed by atoms with van der Waals surface area (Å²) in [4.78, 5) is 15.6. The summed E-state index contributed by atoms with van der Waals surface area (Å²) in [5.41, 5.74) is 13.7. The molecular weight excluding hydrogens is 671 g/mol. The highest BCUT2D eigenvalue weighted by atomic mass is 15.0. The molecule has 254 valence electrons. The molecule has 0 radical (unpaired) electrons. The molecule has 0 spiro atoms. The van der Waals surface area contributed by atoms with E-state index in [2.05, 4.69) is 132 Å². The van der Waals surface area contributed by atoms with E-state index < -0.39 is 0 Å². The minimum atomic E-state index is 0.601. The van der Waals surface area contributed by atoms with Crippen LogP contribution in [0.4, 0.5) is 0 Å². The molecular formula is C50H29N5. The van der Waals surface area contributed by atoms with Gasteiger partial charge in [-0.1, -0.05) is 121 Å². The van der Waals surface area contributed by atoms with Crippen LogP contribution in [0.25, 0.3) is 106 Å². The first kappa shape index (κ1) is 30.9. The number of hydrogen-bond acceptors (Lipinski definition) is 4. The third-order valence-electron chi connectivity index (χ3n) is 10.9. The number of nitriles is 1. The zero-order valence-corrected chi connectivity index (χ0v) is 29.5. The Morgan fingerprint density at radius 2 is 0.836 bits per heavy atom. The third kappa shape index (κ3) is 4.83. The first-order chi connectivity index (χ1) is 27.2. The lowest BCUT2D eigenvalue weighted by Crippen LogP contribution is -2.01. The molecule has 1 aliphatic rings. The fraction of sp³-hybridized carbons (Fsp3) is 0. The Morgan fingerprint density at radius 3 is 1.45 bits per heavy atom. The maximum absolute atomic E-state index is 9.56. The van der Waals surface area contributed by atoms with Crippen molar-refractivity contribution in [1.29, 1.82) is 5.26 Å². The first-order valence-corrected chi connectivity index (χ1v) is 18.3. The first-order valence-electron chi connectivity index (χ1n) is 18.3. The number of aromatic nitrogens is 4. The Bertz CT molecular complexity index is 3110. The Kier molecular flexibility index (Phi) is 6.85. The van der Waals surface area contributed by atoms with Crippen molar-refractivity contribution >= 4 is 32.6 Å². The van der Waals surface area contributed by atoms with E-state index in [9.17, 15) is 5.26 Å². The van der Waals surface area contributed by atoms with Gasteiger partial charge in [0.2, 0.25) is 0 Å². The molecule has 2 aromatic heterocycles. The highest BCUT2D eigenvalue weighted by molar-refractivity contribution is 6.22. The van der Waals surface area contributed by atoms with Crippen LogP contribution in [0.1, 0.15) is 5.56 Å². The number of para-hydroxylation sites is 2. The Hall–Kier alpha value is -7.68. The number of nitrogens with zero attached hydrogens (tertiary/aromatic N) is 5. The lowest BCUT2D eigenvalue weighted by atomic mass is 9.90. The molecule has 0 bridgehead atoms. The van der Waals surface area contributed by atoms with Gasteiger partial charge in [0.1, 0.15) is 0 Å². The summed E-state index contributed by atoms with van der Waals surface area (Å²) >= 11 is 0. The van der Waals surface area contributed by atoms with Crippen LogP contribution >= 0.6 is 0 Å². The van der Waals surface area contributed by atoms with E-state index in [0.29, 0.717) is 23.0 Å². The molecule has 55 heavy (non-hydrogen) atoms. The number of fused-ring (bicyclic) bond motifs is 6. The predicted octanol–water partition coefficient (Wildman–Crippen LogP) is 12.3. The van der Waals surface area contributed by atoms with E-state index in [4.69, 9.17) is 15.0 Å². The van der Waals surface area contributed by atoms with Crippen LogP contribution in [0, 0.1) is 11.3 Å². The maximum atomic E-state index is 9.56. The van der Waals surface area contributed by atoms with Gasteiger partial charge in [0.05, 0.1) is 22.7 Å². The number of rotatable bonds is 5. The molecule has 0 unspecified atom stereocenters. The zero-order chi connectivity index (χ0) is 36.5. The largest absolute Gasteiger partial charge is 0.309 e. The van der Waals surface area contributed by atoms with Crippen molar-refractivity contribution in [3.63, 3.8) is 0 Å². The smallest absolute Gasteiger partial charge is 0.164 e. The van der Waals surface area contributed by atoms with Gasteiger partial charge in [-0.25, -0.2) is 15.0 Å². The highest BCUT2D eigenvalue weighted by Crippen LogP contribution is 2.51. The van der Waals surface area contributed by atoms with Crippen LogP contribution < -0.4 is 0 Å². The van der Waals surface area contributed by atoms with Crippen molar-refractivity contribution in [3.05, 3.63) is 181 Å². The molecule has 5 heteroatoms. The van der Waals surface area contributed by atoms with Crippen LogP contribution in [0.15, 0.2) is 176 Å². The molecule has 0 saturated carbocycles. The summed E-state index contributed by atoms with van der Waals surface area (Å²) in [6.07, 6.45) is 0. The molecule has 0 fully saturated rings. The van der Waals surface area contributed by atoms with Crippen LogP contribution in [-0.4, -0.2) is 19.5 Å². The van der Waals surface area contributed by atoms with Gasteiger partial charge in [-0.3, -0.25) is 0 Å². The molecule has 1 aliphatic carbocycles. The van der Waals surface area contributed by atoms with Crippen LogP contribution in [0.3, 0.4) is 0 Å². The van der Waals surface area contributed by atoms with Crippen molar-refractivity contribution in [2.75, 3.05) is 0 Å². The molecule has 10 aromatic rings. The molecule has 8 aromatic carbocycles. The van der Waals surface area contributed by atoms with Gasteiger partial charge in [0.15, 0.2) is 17.5 Å². The number of hydrogen-bond donors (Lipinski definition) is 0. The lowest BCUT2D eigenvalue weighted by molar-refractivity contribution is 1.07. The average Bonchev–Trinajstić information content (AvgIpc) is 3.78. The van der Waals surface area contributed by atoms with Crippen molar-refractivity contribution in [3.8, 4) is 79.3 Å². The minimum Gasteiger partial charge on any atom is -0.309 e. The molecule has 0 atom stereocenters. The fourth-order valence-corrected chi connectivity index (χ4v) is 8.35. The summed E-state index contributed by atoms with van der Waals surface area (Å²) in [5.74, 6) is 1.81. The summed E-state index contributed by atoms with van der Waals surface area (Å²) in [7, 11) is 0. The van der Waals surface area contributed by atoms with E-state index in [1.165, 1.54) is 38.4 Å². The van der Waals surface area contributed by atoms with Gasteiger partial charge < -0.3 is 4.57 Å². The third-order valence-corrected chi connectivity index (χ3v) is 10.9. The van der Waals surface area contributed by atoms with E-state index in [0.717, 1.165) is 49.9 Å². The molecule has 0 saturated heterocycles. The van der Waals surface area contributed by atoms with Gasteiger partial charge in [-0.15, -0.1) is 0 Å². The normalized spacial score (nSPS) is 11.6. The Morgan fingerprint density at radius 1 is 0.364 bits per heavy atom. The monoisotopic (exact) mass is 699 g/mol. The molecule has 0 amide bonds. The van der Waals surface area contributed by atoms with E-state index in [1.807, 2.05) is 54.6 Å². The van der Waals surface area contributed by atoms with Gasteiger partial charge >= 0.3 is 0 Å². The summed E-state index contributed by atoms with van der Waals surface area (Å²) in [6.45, 7) is 0. The zero-order valence-electron chi connectivity index (χ0n) is 29.5. The van der Waals surface area contributed by atoms with Crippen LogP contribution in [-0.2, 0) is 0 Å². The molecule has 11 rings (SSSR count). The van der Waals surface area contributed by atoms with Crippen molar-refractivity contribution in [2.24, 2.45) is 0 Å². The van der Waals surface area contributed by atoms with Crippen LogP contribution in [0.5, 0.6) is 0 Å². The highest BCUT2D eigenvalue weighted by Gasteiger charge is 2.26. The summed E-state index contributed by atoms with van der Waals surface area (Å²) in [5, 5.41) is 14.3. The van der Waals surface area contributed by atoms with E-state index >= 15 is 0 Å². The van der Waals surface area contributed by atoms with E-state index in [1.54, 1.807) is 0 Å². The average molecular weight is 700 g/mol. The minimum absolute atomic E-state index is 0.601.